The summed E-state index contributed by atoms with van der Waals surface area (Å²) in [7, 11) is 0. The summed E-state index contributed by atoms with van der Waals surface area (Å²) in [6, 6.07) is 3.06. The number of halogens is 3. The van der Waals surface area contributed by atoms with Gasteiger partial charge in [-0.1, -0.05) is 11.6 Å². The average molecular weight is 287 g/mol. The molecule has 1 nitrogen and oxygen atoms in total. The quantitative estimate of drug-likeness (QED) is 0.764. The molecule has 1 heterocycles. The third-order valence-electron chi connectivity index (χ3n) is 2.51. The number of hydrogen-bond acceptors (Lipinski definition) is 2. The van der Waals surface area contributed by atoms with Crippen LogP contribution in [0.15, 0.2) is 23.6 Å². The Morgan fingerprint density at radius 3 is 2.72 bits per heavy atom. The zero-order valence-corrected chi connectivity index (χ0v) is 11.0. The van der Waals surface area contributed by atoms with Crippen molar-refractivity contribution in [3.8, 4) is 0 Å². The SMILES string of the molecule is Cc1csc(C(=O)Cc2cc(F)ccc2F)c1Cl. The van der Waals surface area contributed by atoms with Gasteiger partial charge in [0.25, 0.3) is 0 Å². The third kappa shape index (κ3) is 2.60. The zero-order chi connectivity index (χ0) is 13.3. The van der Waals surface area contributed by atoms with E-state index < -0.39 is 11.6 Å². The Morgan fingerprint density at radius 2 is 2.11 bits per heavy atom. The van der Waals surface area contributed by atoms with Gasteiger partial charge < -0.3 is 0 Å². The molecule has 0 fully saturated rings. The minimum Gasteiger partial charge on any atom is -0.293 e. The Kier molecular flexibility index (Phi) is 3.78. The summed E-state index contributed by atoms with van der Waals surface area (Å²) in [5.41, 5.74) is 0.854. The highest BCUT2D eigenvalue weighted by Crippen LogP contribution is 2.28. The molecule has 0 saturated carbocycles. The molecule has 1 aromatic heterocycles. The van der Waals surface area contributed by atoms with Crippen molar-refractivity contribution < 1.29 is 13.6 Å². The van der Waals surface area contributed by atoms with Gasteiger partial charge in [0.15, 0.2) is 5.78 Å². The van der Waals surface area contributed by atoms with E-state index in [0.29, 0.717) is 9.90 Å². The molecule has 0 unspecified atom stereocenters. The number of ketones is 1. The highest BCUT2D eigenvalue weighted by Gasteiger charge is 2.17. The minimum atomic E-state index is -0.589. The molecular formula is C13H9ClF2OS. The highest BCUT2D eigenvalue weighted by atomic mass is 35.5. The van der Waals surface area contributed by atoms with Crippen LogP contribution in [0.3, 0.4) is 0 Å². The largest absolute Gasteiger partial charge is 0.293 e. The Labute approximate surface area is 112 Å². The Balaban J connectivity index is 2.27. The Bertz CT molecular complexity index is 607. The fourth-order valence-corrected chi connectivity index (χ4v) is 2.79. The summed E-state index contributed by atoms with van der Waals surface area (Å²) in [5.74, 6) is -1.45. The third-order valence-corrected chi connectivity index (χ3v) is 4.25. The molecule has 0 aliphatic rings. The molecule has 0 spiro atoms. The summed E-state index contributed by atoms with van der Waals surface area (Å²) in [4.78, 5) is 12.3. The van der Waals surface area contributed by atoms with Crippen molar-refractivity contribution in [2.24, 2.45) is 0 Å². The van der Waals surface area contributed by atoms with E-state index in [0.717, 1.165) is 23.8 Å². The number of thiophene rings is 1. The summed E-state index contributed by atoms with van der Waals surface area (Å²) < 4.78 is 26.4. The molecule has 0 N–H and O–H groups in total. The van der Waals surface area contributed by atoms with Gasteiger partial charge in [-0.25, -0.2) is 8.78 Å². The maximum absolute atomic E-state index is 13.4. The molecule has 0 radical (unpaired) electrons. The van der Waals surface area contributed by atoms with Gasteiger partial charge in [0.2, 0.25) is 0 Å². The first-order valence-corrected chi connectivity index (χ1v) is 6.45. The molecule has 0 amide bonds. The maximum atomic E-state index is 13.4. The molecule has 2 aromatic rings. The monoisotopic (exact) mass is 286 g/mol. The lowest BCUT2D eigenvalue weighted by molar-refractivity contribution is 0.0995. The number of rotatable bonds is 3. The van der Waals surface area contributed by atoms with Gasteiger partial charge >= 0.3 is 0 Å². The van der Waals surface area contributed by atoms with Crippen molar-refractivity contribution in [2.45, 2.75) is 13.3 Å². The lowest BCUT2D eigenvalue weighted by Gasteiger charge is -2.02. The molecular weight excluding hydrogens is 278 g/mol. The van der Waals surface area contributed by atoms with Gasteiger partial charge in [-0.3, -0.25) is 4.79 Å². The van der Waals surface area contributed by atoms with Crippen LogP contribution in [0.2, 0.25) is 5.02 Å². The van der Waals surface area contributed by atoms with Crippen LogP contribution in [0, 0.1) is 18.6 Å². The lowest BCUT2D eigenvalue weighted by atomic mass is 10.1. The van der Waals surface area contributed by atoms with Gasteiger partial charge in [-0.15, -0.1) is 11.3 Å². The van der Waals surface area contributed by atoms with Crippen LogP contribution in [0.1, 0.15) is 20.8 Å². The number of aryl methyl sites for hydroxylation is 1. The molecule has 0 aliphatic heterocycles. The molecule has 0 aliphatic carbocycles. The average Bonchev–Trinajstić information content (AvgIpc) is 2.65. The van der Waals surface area contributed by atoms with E-state index in [2.05, 4.69) is 0 Å². The van der Waals surface area contributed by atoms with Crippen LogP contribution in [-0.2, 0) is 6.42 Å². The second-order valence-corrected chi connectivity index (χ2v) is 5.16. The summed E-state index contributed by atoms with van der Waals surface area (Å²) in [6.45, 7) is 1.79. The smallest absolute Gasteiger partial charge is 0.178 e. The van der Waals surface area contributed by atoms with Gasteiger partial charge in [-0.05, 0) is 41.6 Å². The van der Waals surface area contributed by atoms with Gasteiger partial charge in [0.1, 0.15) is 11.6 Å². The van der Waals surface area contributed by atoms with Crippen molar-refractivity contribution in [1.29, 1.82) is 0 Å². The summed E-state index contributed by atoms with van der Waals surface area (Å²) in [5, 5.41) is 2.15. The normalized spacial score (nSPS) is 10.7. The van der Waals surface area contributed by atoms with Crippen LogP contribution in [0.25, 0.3) is 0 Å². The first kappa shape index (κ1) is 13.2. The molecule has 0 bridgehead atoms. The van der Waals surface area contributed by atoms with E-state index in [-0.39, 0.29) is 17.8 Å². The Hall–Kier alpha value is -1.26. The van der Waals surface area contributed by atoms with E-state index in [1.54, 1.807) is 12.3 Å². The van der Waals surface area contributed by atoms with Crippen LogP contribution >= 0.6 is 22.9 Å². The molecule has 18 heavy (non-hydrogen) atoms. The van der Waals surface area contributed by atoms with Crippen LogP contribution in [-0.4, -0.2) is 5.78 Å². The van der Waals surface area contributed by atoms with Crippen molar-refractivity contribution in [1.82, 2.24) is 0 Å². The first-order chi connectivity index (χ1) is 8.49. The molecule has 1 aromatic carbocycles. The van der Waals surface area contributed by atoms with Gasteiger partial charge in [-0.2, -0.15) is 0 Å². The predicted molar refractivity (Wildman–Crippen MR) is 68.5 cm³/mol. The second kappa shape index (κ2) is 5.16. The van der Waals surface area contributed by atoms with Gasteiger partial charge in [0, 0.05) is 6.42 Å². The molecule has 2 rings (SSSR count). The van der Waals surface area contributed by atoms with Crippen LogP contribution in [0.4, 0.5) is 8.78 Å². The number of benzene rings is 1. The van der Waals surface area contributed by atoms with Gasteiger partial charge in [0.05, 0.1) is 9.90 Å². The summed E-state index contributed by atoms with van der Waals surface area (Å²) in [6.07, 6.45) is -0.191. The number of hydrogen-bond donors (Lipinski definition) is 0. The van der Waals surface area contributed by atoms with Crippen molar-refractivity contribution >= 4 is 28.7 Å². The second-order valence-electron chi connectivity index (χ2n) is 3.90. The Morgan fingerprint density at radius 1 is 1.39 bits per heavy atom. The highest BCUT2D eigenvalue weighted by molar-refractivity contribution is 7.13. The number of carbonyl (C=O) groups is 1. The van der Waals surface area contributed by atoms with E-state index in [1.165, 1.54) is 11.3 Å². The van der Waals surface area contributed by atoms with E-state index in [4.69, 9.17) is 11.6 Å². The first-order valence-electron chi connectivity index (χ1n) is 5.19. The van der Waals surface area contributed by atoms with Crippen molar-refractivity contribution in [3.63, 3.8) is 0 Å². The van der Waals surface area contributed by atoms with E-state index in [9.17, 15) is 13.6 Å². The van der Waals surface area contributed by atoms with Crippen LogP contribution in [0.5, 0.6) is 0 Å². The van der Waals surface area contributed by atoms with Crippen molar-refractivity contribution in [2.75, 3.05) is 0 Å². The fraction of sp³-hybridized carbons (Fsp3) is 0.154. The predicted octanol–water partition coefficient (Wildman–Crippen LogP) is 4.41. The molecule has 0 saturated heterocycles. The van der Waals surface area contributed by atoms with E-state index in [1.807, 2.05) is 0 Å². The number of carbonyl (C=O) groups excluding carboxylic acids is 1. The fourth-order valence-electron chi connectivity index (χ4n) is 1.55. The molecule has 94 valence electrons. The molecule has 0 atom stereocenters. The standard InChI is InChI=1S/C13H9ClF2OS/c1-7-6-18-13(12(7)14)11(17)5-8-4-9(15)2-3-10(8)16/h2-4,6H,5H2,1H3. The zero-order valence-electron chi connectivity index (χ0n) is 9.47. The maximum Gasteiger partial charge on any atom is 0.178 e. The van der Waals surface area contributed by atoms with Crippen LogP contribution < -0.4 is 0 Å². The molecule has 5 heteroatoms. The number of Topliss-reactive ketones (excluding diaryl/α,β-unsaturated/α-hetero) is 1. The lowest BCUT2D eigenvalue weighted by Crippen LogP contribution is -2.04. The summed E-state index contributed by atoms with van der Waals surface area (Å²) >= 11 is 7.18. The topological polar surface area (TPSA) is 17.1 Å². The minimum absolute atomic E-state index is 0.0436. The van der Waals surface area contributed by atoms with Crippen molar-refractivity contribution in [3.05, 3.63) is 56.2 Å². The van der Waals surface area contributed by atoms with E-state index >= 15 is 0 Å².